The predicted octanol–water partition coefficient (Wildman–Crippen LogP) is 1.41. The maximum absolute atomic E-state index is 11.8. The van der Waals surface area contributed by atoms with Gasteiger partial charge in [-0.3, -0.25) is 4.79 Å². The molecule has 3 N–H and O–H groups in total. The Bertz CT molecular complexity index is 495. The monoisotopic (exact) mass is 290 g/mol. The molecule has 0 unspecified atom stereocenters. The van der Waals surface area contributed by atoms with Crippen molar-refractivity contribution >= 4 is 17.6 Å². The molecule has 0 aliphatic heterocycles. The molecule has 1 amide bonds. The van der Waals surface area contributed by atoms with Crippen molar-refractivity contribution < 1.29 is 27.5 Å². The van der Waals surface area contributed by atoms with Crippen LogP contribution in [0.15, 0.2) is 18.2 Å². The Kier molecular flexibility index (Phi) is 4.95. The molecule has 0 aliphatic carbocycles. The smallest absolute Gasteiger partial charge is 0.405 e. The average molecular weight is 290 g/mol. The average Bonchev–Trinajstić information content (AvgIpc) is 2.31. The first-order valence-corrected chi connectivity index (χ1v) is 5.55. The molecule has 0 aliphatic rings. The normalized spacial score (nSPS) is 11.0. The first kappa shape index (κ1) is 15.8. The fourth-order valence-electron chi connectivity index (χ4n) is 1.39. The van der Waals surface area contributed by atoms with Gasteiger partial charge >= 0.3 is 12.1 Å². The van der Waals surface area contributed by atoms with E-state index in [1.165, 1.54) is 12.1 Å². The number of carbonyl (C=O) groups is 2. The van der Waals surface area contributed by atoms with Gasteiger partial charge in [0.15, 0.2) is 6.61 Å². The summed E-state index contributed by atoms with van der Waals surface area (Å²) >= 11 is 0. The Morgan fingerprint density at radius 2 is 1.95 bits per heavy atom. The Hall–Kier alpha value is -2.25. The van der Waals surface area contributed by atoms with Gasteiger partial charge < -0.3 is 15.8 Å². The molecule has 20 heavy (non-hydrogen) atoms. The number of aryl methyl sites for hydroxylation is 1. The molecule has 0 saturated carbocycles. The van der Waals surface area contributed by atoms with Crippen LogP contribution in [0.25, 0.3) is 0 Å². The quantitative estimate of drug-likeness (QED) is 0.649. The van der Waals surface area contributed by atoms with Gasteiger partial charge in [0.05, 0.1) is 5.56 Å². The second kappa shape index (κ2) is 6.27. The Morgan fingerprint density at radius 3 is 2.50 bits per heavy atom. The second-order valence-electron chi connectivity index (χ2n) is 4.10. The van der Waals surface area contributed by atoms with Gasteiger partial charge in [0, 0.05) is 5.69 Å². The molecule has 0 fully saturated rings. The summed E-state index contributed by atoms with van der Waals surface area (Å²) in [6.45, 7) is -0.549. The van der Waals surface area contributed by atoms with Crippen LogP contribution in [0.1, 0.15) is 15.9 Å². The first-order chi connectivity index (χ1) is 9.17. The number of benzene rings is 1. The van der Waals surface area contributed by atoms with Crippen molar-refractivity contribution in [1.29, 1.82) is 0 Å². The van der Waals surface area contributed by atoms with Gasteiger partial charge in [0.2, 0.25) is 0 Å². The van der Waals surface area contributed by atoms with Crippen molar-refractivity contribution in [3.8, 4) is 0 Å². The van der Waals surface area contributed by atoms with Gasteiger partial charge in [0.25, 0.3) is 5.91 Å². The van der Waals surface area contributed by atoms with E-state index in [0.717, 1.165) is 5.56 Å². The van der Waals surface area contributed by atoms with Gasteiger partial charge in [-0.25, -0.2) is 4.79 Å². The zero-order chi connectivity index (χ0) is 15.3. The number of amides is 1. The number of nitrogens with one attached hydrogen (secondary N) is 1. The zero-order valence-corrected chi connectivity index (χ0v) is 10.6. The maximum atomic E-state index is 11.8. The fourth-order valence-corrected chi connectivity index (χ4v) is 1.39. The Morgan fingerprint density at radius 1 is 1.30 bits per heavy atom. The summed E-state index contributed by atoms with van der Waals surface area (Å²) in [5.74, 6) is -1.86. The molecule has 110 valence electrons. The summed E-state index contributed by atoms with van der Waals surface area (Å²) in [6.07, 6.45) is -4.51. The standard InChI is InChI=1S/C12H13F3N2O3/c1-7-2-8(4-9(16)3-7)11(19)20-5-10(18)17-6-12(13,14)15/h2-4H,5-6,16H2,1H3,(H,17,18). The van der Waals surface area contributed by atoms with Crippen LogP contribution >= 0.6 is 0 Å². The number of esters is 1. The highest BCUT2D eigenvalue weighted by atomic mass is 19.4. The van der Waals surface area contributed by atoms with E-state index in [4.69, 9.17) is 5.73 Å². The molecule has 0 heterocycles. The van der Waals surface area contributed by atoms with E-state index in [2.05, 4.69) is 4.74 Å². The molecule has 0 atom stereocenters. The highest BCUT2D eigenvalue weighted by Gasteiger charge is 2.27. The molecule has 0 radical (unpaired) electrons. The molecule has 0 aromatic heterocycles. The van der Waals surface area contributed by atoms with Gasteiger partial charge in [-0.05, 0) is 30.7 Å². The molecular weight excluding hydrogens is 277 g/mol. The fraction of sp³-hybridized carbons (Fsp3) is 0.333. The topological polar surface area (TPSA) is 81.4 Å². The van der Waals surface area contributed by atoms with Gasteiger partial charge in [-0.2, -0.15) is 13.2 Å². The SMILES string of the molecule is Cc1cc(N)cc(C(=O)OCC(=O)NCC(F)(F)F)c1. The van der Waals surface area contributed by atoms with Gasteiger partial charge in [-0.15, -0.1) is 0 Å². The van der Waals surface area contributed by atoms with E-state index in [9.17, 15) is 22.8 Å². The Balaban J connectivity index is 2.49. The molecular formula is C12H13F3N2O3. The van der Waals surface area contributed by atoms with E-state index in [1.807, 2.05) is 0 Å². The van der Waals surface area contributed by atoms with Crippen LogP contribution in [0, 0.1) is 6.92 Å². The lowest BCUT2D eigenvalue weighted by Crippen LogP contribution is -2.36. The summed E-state index contributed by atoms with van der Waals surface area (Å²) in [7, 11) is 0. The molecule has 0 saturated heterocycles. The molecule has 1 aromatic carbocycles. The highest BCUT2D eigenvalue weighted by molar-refractivity contribution is 5.92. The number of nitrogen functional groups attached to an aromatic ring is 1. The summed E-state index contributed by atoms with van der Waals surface area (Å²) in [6, 6.07) is 4.47. The van der Waals surface area contributed by atoms with Crippen LogP contribution < -0.4 is 11.1 Å². The largest absolute Gasteiger partial charge is 0.452 e. The molecule has 0 bridgehead atoms. The molecule has 0 spiro atoms. The van der Waals surface area contributed by atoms with Crippen LogP contribution in [0.4, 0.5) is 18.9 Å². The van der Waals surface area contributed by atoms with Crippen molar-refractivity contribution in [2.24, 2.45) is 0 Å². The van der Waals surface area contributed by atoms with Crippen molar-refractivity contribution in [2.45, 2.75) is 13.1 Å². The predicted molar refractivity (Wildman–Crippen MR) is 64.9 cm³/mol. The summed E-state index contributed by atoms with van der Waals surface area (Å²) in [5.41, 5.74) is 6.73. The van der Waals surface area contributed by atoms with Crippen molar-refractivity contribution in [1.82, 2.24) is 5.32 Å². The summed E-state index contributed by atoms with van der Waals surface area (Å²) < 4.78 is 40.1. The number of halogens is 3. The van der Waals surface area contributed by atoms with Crippen LogP contribution in [0.2, 0.25) is 0 Å². The highest BCUT2D eigenvalue weighted by Crippen LogP contribution is 2.13. The maximum Gasteiger partial charge on any atom is 0.405 e. The van der Waals surface area contributed by atoms with Crippen LogP contribution in [-0.2, 0) is 9.53 Å². The molecule has 1 rings (SSSR count). The summed E-state index contributed by atoms with van der Waals surface area (Å²) in [4.78, 5) is 22.6. The number of carbonyl (C=O) groups excluding carboxylic acids is 2. The lowest BCUT2D eigenvalue weighted by atomic mass is 10.1. The number of hydrogen-bond acceptors (Lipinski definition) is 4. The number of nitrogens with two attached hydrogens (primary N) is 1. The van der Waals surface area contributed by atoms with E-state index in [1.54, 1.807) is 18.3 Å². The van der Waals surface area contributed by atoms with Crippen LogP contribution in [0.3, 0.4) is 0 Å². The third kappa shape index (κ3) is 5.59. The van der Waals surface area contributed by atoms with Crippen molar-refractivity contribution in [3.05, 3.63) is 29.3 Å². The summed E-state index contributed by atoms with van der Waals surface area (Å²) in [5, 5.41) is 1.59. The second-order valence-corrected chi connectivity index (χ2v) is 4.10. The van der Waals surface area contributed by atoms with E-state index in [-0.39, 0.29) is 5.56 Å². The first-order valence-electron chi connectivity index (χ1n) is 5.55. The van der Waals surface area contributed by atoms with Gasteiger partial charge in [-0.1, -0.05) is 0 Å². The minimum atomic E-state index is -4.51. The van der Waals surface area contributed by atoms with E-state index >= 15 is 0 Å². The van der Waals surface area contributed by atoms with Gasteiger partial charge in [0.1, 0.15) is 6.54 Å². The minimum absolute atomic E-state index is 0.131. The lowest BCUT2D eigenvalue weighted by Gasteiger charge is -2.09. The lowest BCUT2D eigenvalue weighted by molar-refractivity contribution is -0.140. The van der Waals surface area contributed by atoms with Crippen molar-refractivity contribution in [2.75, 3.05) is 18.9 Å². The Labute approximate surface area is 112 Å². The minimum Gasteiger partial charge on any atom is -0.452 e. The van der Waals surface area contributed by atoms with Crippen molar-refractivity contribution in [3.63, 3.8) is 0 Å². The molecule has 8 heteroatoms. The number of hydrogen-bond donors (Lipinski definition) is 2. The van der Waals surface area contributed by atoms with E-state index in [0.29, 0.717) is 5.69 Å². The molecule has 1 aromatic rings. The number of ether oxygens (including phenoxy) is 1. The third-order valence-corrected chi connectivity index (χ3v) is 2.16. The van der Waals surface area contributed by atoms with Crippen LogP contribution in [0.5, 0.6) is 0 Å². The third-order valence-electron chi connectivity index (χ3n) is 2.16. The number of alkyl halides is 3. The molecule has 5 nitrogen and oxygen atoms in total. The number of rotatable bonds is 4. The van der Waals surface area contributed by atoms with Crippen LogP contribution in [-0.4, -0.2) is 31.2 Å². The van der Waals surface area contributed by atoms with E-state index < -0.39 is 31.2 Å². The number of anilines is 1. The zero-order valence-electron chi connectivity index (χ0n) is 10.6.